The van der Waals surface area contributed by atoms with Gasteiger partial charge in [0.15, 0.2) is 0 Å². The van der Waals surface area contributed by atoms with E-state index in [1.165, 1.54) is 6.07 Å². The Balaban J connectivity index is 2.22. The highest BCUT2D eigenvalue weighted by atomic mass is 19.1. The number of nitrogens with zero attached hydrogens (tertiary/aromatic N) is 2. The maximum absolute atomic E-state index is 13.1. The molecule has 0 aliphatic heterocycles. The van der Waals surface area contributed by atoms with Crippen LogP contribution in [0.5, 0.6) is 0 Å². The summed E-state index contributed by atoms with van der Waals surface area (Å²) in [6.45, 7) is 0.608. The molecule has 4 heteroatoms. The molecule has 1 aromatic carbocycles. The largest absolute Gasteiger partial charge is 0.396 e. The first-order valence-electron chi connectivity index (χ1n) is 4.25. The summed E-state index contributed by atoms with van der Waals surface area (Å²) in [4.78, 5) is 3.90. The number of benzene rings is 1. The predicted molar refractivity (Wildman–Crippen MR) is 52.1 cm³/mol. The topological polar surface area (TPSA) is 43.8 Å². The summed E-state index contributed by atoms with van der Waals surface area (Å²) in [5, 5.41) is 0. The predicted octanol–water partition coefficient (Wildman–Crippen LogP) is 1.65. The summed E-state index contributed by atoms with van der Waals surface area (Å²) in [7, 11) is 0. The van der Waals surface area contributed by atoms with E-state index in [1.807, 2.05) is 10.8 Å². The molecular weight excluding hydrogens is 181 g/mol. The summed E-state index contributed by atoms with van der Waals surface area (Å²) in [5.41, 5.74) is 6.42. The Morgan fingerprint density at radius 1 is 1.43 bits per heavy atom. The van der Waals surface area contributed by atoms with Gasteiger partial charge in [-0.05, 0) is 17.7 Å². The van der Waals surface area contributed by atoms with Crippen molar-refractivity contribution in [3.63, 3.8) is 0 Å². The second kappa shape index (κ2) is 3.49. The van der Waals surface area contributed by atoms with Crippen molar-refractivity contribution in [2.24, 2.45) is 0 Å². The van der Waals surface area contributed by atoms with Crippen molar-refractivity contribution >= 4 is 5.69 Å². The third kappa shape index (κ3) is 1.74. The van der Waals surface area contributed by atoms with E-state index in [4.69, 9.17) is 5.73 Å². The van der Waals surface area contributed by atoms with Crippen LogP contribution in [0.25, 0.3) is 0 Å². The van der Waals surface area contributed by atoms with E-state index >= 15 is 0 Å². The fraction of sp³-hybridized carbons (Fsp3) is 0.100. The van der Waals surface area contributed by atoms with Crippen LogP contribution in [-0.4, -0.2) is 9.55 Å². The molecule has 0 unspecified atom stereocenters. The lowest BCUT2D eigenvalue weighted by Gasteiger charge is -2.03. The molecule has 3 nitrogen and oxygen atoms in total. The van der Waals surface area contributed by atoms with Gasteiger partial charge in [-0.1, -0.05) is 6.07 Å². The van der Waals surface area contributed by atoms with Crippen LogP contribution in [-0.2, 0) is 6.54 Å². The van der Waals surface area contributed by atoms with Gasteiger partial charge in [0, 0.05) is 18.9 Å². The highest BCUT2D eigenvalue weighted by Crippen LogP contribution is 2.12. The molecule has 0 fully saturated rings. The molecule has 0 saturated heterocycles. The summed E-state index contributed by atoms with van der Waals surface area (Å²) in [6.07, 6.45) is 5.20. The number of aromatic nitrogens is 2. The zero-order valence-corrected chi connectivity index (χ0v) is 7.52. The minimum Gasteiger partial charge on any atom is -0.396 e. The Kier molecular flexibility index (Phi) is 2.18. The fourth-order valence-corrected chi connectivity index (χ4v) is 1.26. The zero-order valence-electron chi connectivity index (χ0n) is 7.52. The molecule has 72 valence electrons. The van der Waals surface area contributed by atoms with Crippen molar-refractivity contribution in [1.82, 2.24) is 9.55 Å². The molecule has 0 atom stereocenters. The van der Waals surface area contributed by atoms with Crippen LogP contribution < -0.4 is 5.73 Å². The van der Waals surface area contributed by atoms with Gasteiger partial charge in [0.2, 0.25) is 0 Å². The highest BCUT2D eigenvalue weighted by Gasteiger charge is 2.00. The Bertz CT molecular complexity index is 423. The molecule has 0 saturated carbocycles. The first-order chi connectivity index (χ1) is 6.75. The first-order valence-corrected chi connectivity index (χ1v) is 4.25. The molecule has 0 radical (unpaired) electrons. The Morgan fingerprint density at radius 3 is 2.93 bits per heavy atom. The summed E-state index contributed by atoms with van der Waals surface area (Å²) >= 11 is 0. The van der Waals surface area contributed by atoms with Gasteiger partial charge >= 0.3 is 0 Å². The van der Waals surface area contributed by atoms with E-state index in [0.717, 1.165) is 5.56 Å². The highest BCUT2D eigenvalue weighted by molar-refractivity contribution is 5.41. The van der Waals surface area contributed by atoms with Crippen LogP contribution in [0.1, 0.15) is 5.56 Å². The van der Waals surface area contributed by atoms with Crippen molar-refractivity contribution in [3.05, 3.63) is 48.3 Å². The van der Waals surface area contributed by atoms with Gasteiger partial charge < -0.3 is 10.3 Å². The third-order valence-electron chi connectivity index (χ3n) is 1.99. The number of hydrogen-bond acceptors (Lipinski definition) is 2. The maximum Gasteiger partial charge on any atom is 0.146 e. The molecule has 2 N–H and O–H groups in total. The number of halogens is 1. The Hall–Kier alpha value is -1.84. The van der Waals surface area contributed by atoms with Crippen molar-refractivity contribution < 1.29 is 4.39 Å². The van der Waals surface area contributed by atoms with Gasteiger partial charge in [-0.2, -0.15) is 0 Å². The van der Waals surface area contributed by atoms with E-state index in [1.54, 1.807) is 24.7 Å². The van der Waals surface area contributed by atoms with Crippen LogP contribution in [0.3, 0.4) is 0 Å². The van der Waals surface area contributed by atoms with Crippen molar-refractivity contribution in [2.75, 3.05) is 5.73 Å². The van der Waals surface area contributed by atoms with Gasteiger partial charge in [0.05, 0.1) is 12.0 Å². The number of anilines is 1. The molecular formula is C10H10FN3. The van der Waals surface area contributed by atoms with Gasteiger partial charge in [0.1, 0.15) is 5.82 Å². The monoisotopic (exact) mass is 191 g/mol. The molecule has 1 heterocycles. The lowest BCUT2D eigenvalue weighted by atomic mass is 10.2. The zero-order chi connectivity index (χ0) is 9.97. The number of hydrogen-bond donors (Lipinski definition) is 1. The van der Waals surface area contributed by atoms with E-state index in [0.29, 0.717) is 6.54 Å². The second-order valence-corrected chi connectivity index (χ2v) is 3.09. The molecule has 0 spiro atoms. The van der Waals surface area contributed by atoms with Crippen molar-refractivity contribution in [3.8, 4) is 0 Å². The third-order valence-corrected chi connectivity index (χ3v) is 1.99. The normalized spacial score (nSPS) is 10.4. The molecule has 0 aliphatic rings. The van der Waals surface area contributed by atoms with E-state index in [-0.39, 0.29) is 11.5 Å². The molecule has 0 amide bonds. The smallest absolute Gasteiger partial charge is 0.146 e. The molecule has 2 rings (SSSR count). The van der Waals surface area contributed by atoms with Gasteiger partial charge in [-0.25, -0.2) is 9.37 Å². The summed E-state index contributed by atoms with van der Waals surface area (Å²) in [5.74, 6) is -0.373. The molecule has 0 aliphatic carbocycles. The Morgan fingerprint density at radius 2 is 2.29 bits per heavy atom. The summed E-state index contributed by atoms with van der Waals surface area (Å²) < 4.78 is 14.9. The SMILES string of the molecule is Nc1ccc(Cn2ccnc2)cc1F. The average Bonchev–Trinajstić information content (AvgIpc) is 2.64. The van der Waals surface area contributed by atoms with Crippen LogP contribution in [0.15, 0.2) is 36.9 Å². The van der Waals surface area contributed by atoms with Gasteiger partial charge in [-0.15, -0.1) is 0 Å². The lowest BCUT2D eigenvalue weighted by Crippen LogP contribution is -1.98. The van der Waals surface area contributed by atoms with Crippen LogP contribution in [0.2, 0.25) is 0 Å². The second-order valence-electron chi connectivity index (χ2n) is 3.09. The quantitative estimate of drug-likeness (QED) is 0.733. The fourth-order valence-electron chi connectivity index (χ4n) is 1.26. The van der Waals surface area contributed by atoms with Crippen molar-refractivity contribution in [2.45, 2.75) is 6.54 Å². The van der Waals surface area contributed by atoms with Crippen molar-refractivity contribution in [1.29, 1.82) is 0 Å². The molecule has 0 bridgehead atoms. The minimum atomic E-state index is -0.373. The number of nitrogen functional groups attached to an aromatic ring is 1. The standard InChI is InChI=1S/C10H10FN3/c11-9-5-8(1-2-10(9)12)6-14-4-3-13-7-14/h1-5,7H,6,12H2. The Labute approximate surface area is 81.0 Å². The summed E-state index contributed by atoms with van der Waals surface area (Å²) in [6, 6.07) is 4.81. The lowest BCUT2D eigenvalue weighted by molar-refractivity contribution is 0.628. The van der Waals surface area contributed by atoms with Crippen LogP contribution in [0, 0.1) is 5.82 Å². The molecule has 14 heavy (non-hydrogen) atoms. The first kappa shape index (κ1) is 8.74. The number of imidazole rings is 1. The van der Waals surface area contributed by atoms with Gasteiger partial charge in [-0.3, -0.25) is 0 Å². The van der Waals surface area contributed by atoms with E-state index in [9.17, 15) is 4.39 Å². The van der Waals surface area contributed by atoms with Gasteiger partial charge in [0.25, 0.3) is 0 Å². The number of rotatable bonds is 2. The van der Waals surface area contributed by atoms with Crippen LogP contribution >= 0.6 is 0 Å². The average molecular weight is 191 g/mol. The molecule has 1 aromatic heterocycles. The van der Waals surface area contributed by atoms with E-state index < -0.39 is 0 Å². The maximum atomic E-state index is 13.1. The minimum absolute atomic E-state index is 0.180. The van der Waals surface area contributed by atoms with Crippen LogP contribution in [0.4, 0.5) is 10.1 Å². The number of nitrogens with two attached hydrogens (primary N) is 1. The van der Waals surface area contributed by atoms with E-state index in [2.05, 4.69) is 4.98 Å². The molecule has 2 aromatic rings.